The minimum absolute atomic E-state index is 0.0140. The van der Waals surface area contributed by atoms with Gasteiger partial charge in [0.25, 0.3) is 6.48 Å². The Morgan fingerprint density at radius 3 is 1.02 bits per heavy atom. The van der Waals surface area contributed by atoms with Crippen LogP contribution in [0.3, 0.4) is 0 Å². The molecule has 0 fully saturated rings. The molecule has 0 aliphatic carbocycles. The molecule has 0 saturated heterocycles. The van der Waals surface area contributed by atoms with Crippen LogP contribution in [0.5, 0.6) is 0 Å². The number of tetrazole rings is 2. The average Bonchev–Trinajstić information content (AvgIpc) is 1.64. The summed E-state index contributed by atoms with van der Waals surface area (Å²) in [6.45, 7) is 9.56. The Labute approximate surface area is 576 Å². The molecule has 0 bridgehead atoms. The quantitative estimate of drug-likeness (QED) is 0.0202. The topological polar surface area (TPSA) is 375 Å². The van der Waals surface area contributed by atoms with E-state index >= 15 is 0 Å². The monoisotopic (exact) mass is 1360 g/mol. The van der Waals surface area contributed by atoms with Crippen LogP contribution in [0.2, 0.25) is 0 Å². The van der Waals surface area contributed by atoms with E-state index in [1.165, 1.54) is 34.0 Å². The van der Waals surface area contributed by atoms with Gasteiger partial charge < -0.3 is 65.4 Å². The van der Waals surface area contributed by atoms with E-state index in [4.69, 9.17) is 37.5 Å². The van der Waals surface area contributed by atoms with Crippen LogP contribution in [0.1, 0.15) is 98.0 Å². The number of carbonyl (C=O) groups excluding carboxylic acids is 5. The zero-order valence-corrected chi connectivity index (χ0v) is 56.6. The summed E-state index contributed by atoms with van der Waals surface area (Å²) in [5.74, 6) is -2.76. The highest BCUT2D eigenvalue weighted by molar-refractivity contribution is 5.94. The Kier molecular flexibility index (Phi) is 25.9. The molecule has 27 nitrogen and oxygen atoms in total. The van der Waals surface area contributed by atoms with Crippen LogP contribution in [-0.4, -0.2) is 136 Å². The molecule has 27 heteroatoms. The smallest absolute Gasteiger partial charge is 0.306 e. The fraction of sp³-hybridized carbons (Fsp3) is 0.233. The van der Waals surface area contributed by atoms with Crippen molar-refractivity contribution in [3.8, 4) is 62.2 Å². The second-order valence-corrected chi connectivity index (χ2v) is 22.5. The van der Waals surface area contributed by atoms with Crippen LogP contribution in [0.25, 0.3) is 62.2 Å². The number of ether oxygens (including phenoxy) is 5. The maximum absolute atomic E-state index is 12.0. The van der Waals surface area contributed by atoms with E-state index in [9.17, 15) is 28.8 Å². The molecule has 518 valence electrons. The number of anilines is 1. The number of primary amides is 3. The van der Waals surface area contributed by atoms with E-state index in [0.717, 1.165) is 96.0 Å². The molecule has 9 N–H and O–H groups in total. The summed E-state index contributed by atoms with van der Waals surface area (Å²) in [5, 5.41) is 31.6. The number of amides is 3. The largest absolute Gasteiger partial charge is 0.481 e. The number of methoxy groups -OCH3 is 3. The van der Waals surface area contributed by atoms with Crippen LogP contribution < -0.4 is 22.9 Å². The van der Waals surface area contributed by atoms with E-state index in [1.807, 2.05) is 153 Å². The molecule has 3 amide bonds. The number of nitrogen functional groups attached to an aromatic ring is 1. The van der Waals surface area contributed by atoms with Crippen LogP contribution in [0.15, 0.2) is 176 Å². The fourth-order valence-electron chi connectivity index (χ4n) is 11.0. The maximum atomic E-state index is 12.0. The van der Waals surface area contributed by atoms with Crippen LogP contribution >= 0.6 is 0 Å². The second-order valence-electron chi connectivity index (χ2n) is 22.5. The van der Waals surface area contributed by atoms with Gasteiger partial charge in [-0.1, -0.05) is 36.4 Å². The van der Waals surface area contributed by atoms with Gasteiger partial charge in [-0.15, -0.1) is 10.2 Å². The van der Waals surface area contributed by atoms with Gasteiger partial charge >= 0.3 is 17.9 Å². The molecule has 0 saturated carbocycles. The first-order valence-corrected chi connectivity index (χ1v) is 31.7. The van der Waals surface area contributed by atoms with Crippen molar-refractivity contribution in [2.75, 3.05) is 40.3 Å². The summed E-state index contributed by atoms with van der Waals surface area (Å²) in [6, 6.07) is 51.1. The number of aryl methyl sites for hydroxylation is 6. The molecular weight excluding hydrogens is 1280 g/mol. The second kappa shape index (κ2) is 35.2. The first-order chi connectivity index (χ1) is 48.2. The standard InChI is InChI=1S/C24H24N6O3.C23H25N3O3.C22H20N6O3.C4H10O3/c1-3-33-23(31)13-10-20-9-12-22(17-4-7-19(8-5-17)29-15-26-27-28-29)30(20)21-11-6-18(24(25)32)14-16(21)2;1-3-29-22(27)13-10-19-9-12-21(16-4-7-18(24)8-5-16)26(19)20-11-6-17(23(25)28)14-15(20)2;1-14-12-16(22(23)31)4-9-19(14)28-18(8-11-21(29)30)7-10-20(28)15-2-5-17(6-3-15)27-13-24-25-26-27;1-5-4(6-2)7-3/h4-9,11-12,14-15H,3,10,13H2,1-2H3,(H2,25,32);4-9,11-12,14H,3,10,13,24H2,1-2H3,(H2,25,28);2-7,9-10,12-13H,8,11H2,1H3,(H2,23,31)(H,29,30);4H,1-3H3. The number of nitrogens with zero attached hydrogens (tertiary/aromatic N) is 11. The summed E-state index contributed by atoms with van der Waals surface area (Å²) in [5.41, 5.74) is 39.7. The van der Waals surface area contributed by atoms with Gasteiger partial charge in [-0.3, -0.25) is 28.8 Å². The van der Waals surface area contributed by atoms with E-state index in [2.05, 4.69) is 54.4 Å². The number of carboxylic acids is 1. The molecule has 0 atom stereocenters. The van der Waals surface area contributed by atoms with E-state index in [0.29, 0.717) is 54.9 Å². The molecule has 11 rings (SSSR count). The van der Waals surface area contributed by atoms with Crippen molar-refractivity contribution >= 4 is 41.3 Å². The third kappa shape index (κ3) is 18.9. The molecule has 6 aromatic carbocycles. The molecule has 0 aliphatic rings. The highest BCUT2D eigenvalue weighted by Gasteiger charge is 2.21. The molecule has 0 unspecified atom stereocenters. The number of rotatable bonds is 25. The lowest BCUT2D eigenvalue weighted by Crippen LogP contribution is -2.14. The van der Waals surface area contributed by atoms with Crippen molar-refractivity contribution in [1.29, 1.82) is 0 Å². The van der Waals surface area contributed by atoms with Crippen LogP contribution in [-0.2, 0) is 57.3 Å². The lowest BCUT2D eigenvalue weighted by atomic mass is 10.1. The Morgan fingerprint density at radius 1 is 0.440 bits per heavy atom. The van der Waals surface area contributed by atoms with Crippen molar-refractivity contribution in [3.63, 3.8) is 0 Å². The maximum Gasteiger partial charge on any atom is 0.306 e. The van der Waals surface area contributed by atoms with Gasteiger partial charge in [-0.2, -0.15) is 0 Å². The number of esters is 2. The van der Waals surface area contributed by atoms with Crippen molar-refractivity contribution in [3.05, 3.63) is 227 Å². The van der Waals surface area contributed by atoms with Gasteiger partial charge in [0, 0.05) is 77.9 Å². The highest BCUT2D eigenvalue weighted by atomic mass is 16.8. The summed E-state index contributed by atoms with van der Waals surface area (Å²) in [7, 11) is 4.53. The first kappa shape index (κ1) is 73.6. The lowest BCUT2D eigenvalue weighted by molar-refractivity contribution is -0.252. The van der Waals surface area contributed by atoms with Crippen LogP contribution in [0, 0.1) is 20.8 Å². The summed E-state index contributed by atoms with van der Waals surface area (Å²) in [6.07, 6.45) is 5.05. The summed E-state index contributed by atoms with van der Waals surface area (Å²) >= 11 is 0. The number of aliphatic carboxylic acids is 1. The number of hydrogen-bond acceptors (Lipinski definition) is 18. The molecule has 5 heterocycles. The van der Waals surface area contributed by atoms with Crippen molar-refractivity contribution < 1.29 is 57.6 Å². The van der Waals surface area contributed by atoms with Crippen LogP contribution in [0.4, 0.5) is 5.69 Å². The predicted octanol–water partition coefficient (Wildman–Crippen LogP) is 9.41. The Hall–Kier alpha value is -12.2. The molecular formula is C73H79N15O12. The SMILES string of the molecule is CCOC(=O)CCc1ccc(-c2ccc(-n3cnnn3)cc2)n1-c1ccc(C(N)=O)cc1C.CCOC(=O)CCc1ccc(-c2ccc(N)cc2)n1-c1ccc(C(N)=O)cc1C.COC(OC)OC.Cc1cc(C(N)=O)ccc1-n1c(CCC(=O)O)ccc1-c1ccc(-n2cnnn2)cc1. The van der Waals surface area contributed by atoms with Gasteiger partial charge in [-0.05, 0) is 236 Å². The molecule has 100 heavy (non-hydrogen) atoms. The van der Waals surface area contributed by atoms with E-state index < -0.39 is 30.2 Å². The Bertz CT molecular complexity index is 4570. The van der Waals surface area contributed by atoms with E-state index in [-0.39, 0.29) is 31.2 Å². The van der Waals surface area contributed by atoms with Gasteiger partial charge in [0.2, 0.25) is 17.7 Å². The molecule has 0 radical (unpaired) electrons. The van der Waals surface area contributed by atoms with Crippen molar-refractivity contribution in [2.24, 2.45) is 17.2 Å². The predicted molar refractivity (Wildman–Crippen MR) is 374 cm³/mol. The minimum atomic E-state index is -0.860. The number of carbonyl (C=O) groups is 6. The van der Waals surface area contributed by atoms with Crippen molar-refractivity contribution in [1.82, 2.24) is 54.1 Å². The molecule has 5 aromatic heterocycles. The highest BCUT2D eigenvalue weighted by Crippen LogP contribution is 2.34. The zero-order valence-electron chi connectivity index (χ0n) is 56.6. The number of aromatic nitrogens is 11. The minimum Gasteiger partial charge on any atom is -0.481 e. The van der Waals surface area contributed by atoms with E-state index in [1.54, 1.807) is 59.6 Å². The third-order valence-electron chi connectivity index (χ3n) is 15.8. The van der Waals surface area contributed by atoms with Crippen molar-refractivity contribution in [2.45, 2.75) is 79.6 Å². The first-order valence-electron chi connectivity index (χ1n) is 31.7. The molecule has 11 aromatic rings. The number of carboxylic acid groups (broad SMARTS) is 1. The lowest BCUT2D eigenvalue weighted by Gasteiger charge is -2.17. The number of nitrogens with two attached hydrogens (primary N) is 4. The van der Waals surface area contributed by atoms with Gasteiger partial charge in [0.15, 0.2) is 0 Å². The summed E-state index contributed by atoms with van der Waals surface area (Å²) < 4.78 is 33.4. The number of hydrogen-bond donors (Lipinski definition) is 5. The Morgan fingerprint density at radius 2 is 0.760 bits per heavy atom. The fourth-order valence-corrected chi connectivity index (χ4v) is 11.0. The summed E-state index contributed by atoms with van der Waals surface area (Å²) in [4.78, 5) is 69.7. The average molecular weight is 1360 g/mol. The molecule has 0 spiro atoms. The van der Waals surface area contributed by atoms with Gasteiger partial charge in [-0.25, -0.2) is 9.36 Å². The zero-order chi connectivity index (χ0) is 72.0. The van der Waals surface area contributed by atoms with Gasteiger partial charge in [0.05, 0.1) is 60.9 Å². The third-order valence-corrected chi connectivity index (χ3v) is 15.8. The molecule has 0 aliphatic heterocycles. The Balaban J connectivity index is 0.000000182. The number of benzene rings is 6. The van der Waals surface area contributed by atoms with Gasteiger partial charge in [0.1, 0.15) is 12.7 Å². The normalized spacial score (nSPS) is 10.8.